The van der Waals surface area contributed by atoms with Crippen LogP contribution in [0.3, 0.4) is 0 Å². The highest BCUT2D eigenvalue weighted by Gasteiger charge is 2.07. The monoisotopic (exact) mass is 234 g/mol. The molecule has 0 aliphatic rings. The first-order chi connectivity index (χ1) is 8.24. The van der Waals surface area contributed by atoms with E-state index in [9.17, 15) is 4.79 Å². The van der Waals surface area contributed by atoms with Crippen molar-refractivity contribution in [1.82, 2.24) is 0 Å². The van der Waals surface area contributed by atoms with E-state index in [1.165, 1.54) is 6.07 Å². The minimum Gasteiger partial charge on any atom is -0.496 e. The topological polar surface area (TPSA) is 48.7 Å². The summed E-state index contributed by atoms with van der Waals surface area (Å²) < 4.78 is 15.9. The first-order valence-electron chi connectivity index (χ1n) is 5.49. The van der Waals surface area contributed by atoms with Crippen molar-refractivity contribution in [3.05, 3.63) is 34.7 Å². The van der Waals surface area contributed by atoms with Crippen molar-refractivity contribution in [2.75, 3.05) is 13.7 Å². The van der Waals surface area contributed by atoms with Crippen molar-refractivity contribution in [2.45, 2.75) is 13.3 Å². The zero-order valence-corrected chi connectivity index (χ0v) is 9.86. The molecule has 0 spiro atoms. The van der Waals surface area contributed by atoms with E-state index in [4.69, 9.17) is 13.9 Å². The van der Waals surface area contributed by atoms with Crippen molar-refractivity contribution in [3.63, 3.8) is 0 Å². The van der Waals surface area contributed by atoms with Crippen molar-refractivity contribution >= 4 is 11.0 Å². The second-order valence-corrected chi connectivity index (χ2v) is 3.64. The normalized spacial score (nSPS) is 10.5. The molecule has 0 bridgehead atoms. The quantitative estimate of drug-likeness (QED) is 0.763. The molecule has 0 aliphatic carbocycles. The van der Waals surface area contributed by atoms with Gasteiger partial charge in [-0.2, -0.15) is 0 Å². The molecule has 4 nitrogen and oxygen atoms in total. The Balaban J connectivity index is 2.54. The Morgan fingerprint density at radius 2 is 2.12 bits per heavy atom. The summed E-state index contributed by atoms with van der Waals surface area (Å²) in [5.41, 5.74) is 0.0927. The highest BCUT2D eigenvalue weighted by atomic mass is 16.5. The van der Waals surface area contributed by atoms with Gasteiger partial charge >= 0.3 is 5.63 Å². The van der Waals surface area contributed by atoms with Gasteiger partial charge in [-0.3, -0.25) is 0 Å². The molecule has 1 heterocycles. The lowest BCUT2D eigenvalue weighted by atomic mass is 10.2. The van der Waals surface area contributed by atoms with Gasteiger partial charge in [0.2, 0.25) is 0 Å². The van der Waals surface area contributed by atoms with Gasteiger partial charge in [0.15, 0.2) is 0 Å². The molecule has 2 rings (SSSR count). The van der Waals surface area contributed by atoms with Crippen LogP contribution in [0.15, 0.2) is 33.5 Å². The van der Waals surface area contributed by atoms with Crippen LogP contribution in [0.2, 0.25) is 0 Å². The number of benzene rings is 1. The summed E-state index contributed by atoms with van der Waals surface area (Å²) in [5, 5.41) is 0.760. The van der Waals surface area contributed by atoms with Crippen LogP contribution in [0.5, 0.6) is 11.5 Å². The highest BCUT2D eigenvalue weighted by Crippen LogP contribution is 2.30. The van der Waals surface area contributed by atoms with Gasteiger partial charge in [-0.25, -0.2) is 4.79 Å². The summed E-state index contributed by atoms with van der Waals surface area (Å²) in [7, 11) is 1.57. The van der Waals surface area contributed by atoms with Crippen LogP contribution in [0, 0.1) is 0 Å². The van der Waals surface area contributed by atoms with Crippen LogP contribution < -0.4 is 15.1 Å². The third-order valence-electron chi connectivity index (χ3n) is 2.37. The minimum atomic E-state index is -0.382. The van der Waals surface area contributed by atoms with Gasteiger partial charge in [-0.1, -0.05) is 6.92 Å². The summed E-state index contributed by atoms with van der Waals surface area (Å²) in [4.78, 5) is 11.2. The van der Waals surface area contributed by atoms with Crippen LogP contribution in [-0.4, -0.2) is 13.7 Å². The zero-order valence-electron chi connectivity index (χ0n) is 9.86. The first kappa shape index (κ1) is 11.5. The molecule has 2 aromatic rings. The summed E-state index contributed by atoms with van der Waals surface area (Å²) in [6.45, 7) is 2.64. The standard InChI is InChI=1S/C13H14O4/c1-3-6-16-9-7-11(15-2)10-4-5-13(14)17-12(10)8-9/h4-5,7-8H,3,6H2,1-2H3. The van der Waals surface area contributed by atoms with E-state index in [1.807, 2.05) is 6.92 Å². The lowest BCUT2D eigenvalue weighted by Gasteiger charge is -2.09. The molecule has 1 aromatic heterocycles. The molecule has 4 heteroatoms. The number of rotatable bonds is 4. The number of hydrogen-bond donors (Lipinski definition) is 0. The first-order valence-corrected chi connectivity index (χ1v) is 5.49. The van der Waals surface area contributed by atoms with Crippen molar-refractivity contribution in [3.8, 4) is 11.5 Å². The predicted molar refractivity (Wildman–Crippen MR) is 64.8 cm³/mol. The van der Waals surface area contributed by atoms with E-state index in [-0.39, 0.29) is 5.63 Å². The van der Waals surface area contributed by atoms with Crippen molar-refractivity contribution < 1.29 is 13.9 Å². The minimum absolute atomic E-state index is 0.382. The molecule has 1 aromatic carbocycles. The van der Waals surface area contributed by atoms with Crippen molar-refractivity contribution in [1.29, 1.82) is 0 Å². The lowest BCUT2D eigenvalue weighted by Crippen LogP contribution is -1.98. The Hall–Kier alpha value is -1.97. The van der Waals surface area contributed by atoms with Gasteiger partial charge in [-0.05, 0) is 12.5 Å². The van der Waals surface area contributed by atoms with Crippen LogP contribution in [0.1, 0.15) is 13.3 Å². The Bertz CT molecular complexity index is 571. The Morgan fingerprint density at radius 3 is 2.82 bits per heavy atom. The van der Waals surface area contributed by atoms with E-state index < -0.39 is 0 Å². The van der Waals surface area contributed by atoms with Crippen LogP contribution in [0.25, 0.3) is 11.0 Å². The zero-order chi connectivity index (χ0) is 12.3. The largest absolute Gasteiger partial charge is 0.496 e. The molecule has 0 fully saturated rings. The number of fused-ring (bicyclic) bond motifs is 1. The average Bonchev–Trinajstić information content (AvgIpc) is 2.34. The Labute approximate surface area is 98.8 Å². The molecular weight excluding hydrogens is 220 g/mol. The molecule has 90 valence electrons. The van der Waals surface area contributed by atoms with E-state index in [1.54, 1.807) is 25.3 Å². The van der Waals surface area contributed by atoms with Crippen LogP contribution >= 0.6 is 0 Å². The number of ether oxygens (including phenoxy) is 2. The molecule has 0 saturated carbocycles. The maximum Gasteiger partial charge on any atom is 0.336 e. The summed E-state index contributed by atoms with van der Waals surface area (Å²) in [6, 6.07) is 6.55. The predicted octanol–water partition coefficient (Wildman–Crippen LogP) is 2.59. The summed E-state index contributed by atoms with van der Waals surface area (Å²) in [6.07, 6.45) is 0.916. The van der Waals surface area contributed by atoms with Crippen LogP contribution in [0.4, 0.5) is 0 Å². The Kier molecular flexibility index (Phi) is 3.32. The van der Waals surface area contributed by atoms with Gasteiger partial charge in [0, 0.05) is 18.2 Å². The summed E-state index contributed by atoms with van der Waals surface area (Å²) in [5.74, 6) is 1.28. The molecular formula is C13H14O4. The highest BCUT2D eigenvalue weighted by molar-refractivity contribution is 5.84. The molecule has 17 heavy (non-hydrogen) atoms. The maximum atomic E-state index is 11.2. The Morgan fingerprint density at radius 1 is 1.29 bits per heavy atom. The number of hydrogen-bond acceptors (Lipinski definition) is 4. The fourth-order valence-corrected chi connectivity index (χ4v) is 1.59. The number of methoxy groups -OCH3 is 1. The molecule has 0 N–H and O–H groups in total. The fraction of sp³-hybridized carbons (Fsp3) is 0.308. The average molecular weight is 234 g/mol. The van der Waals surface area contributed by atoms with E-state index in [2.05, 4.69) is 0 Å². The third kappa shape index (κ3) is 2.41. The molecule has 0 unspecified atom stereocenters. The molecule has 0 atom stereocenters. The second kappa shape index (κ2) is 4.91. The lowest BCUT2D eigenvalue weighted by molar-refractivity contribution is 0.314. The SMILES string of the molecule is CCCOc1cc(OC)c2ccc(=O)oc2c1. The van der Waals surface area contributed by atoms with Gasteiger partial charge < -0.3 is 13.9 Å². The molecule has 0 saturated heterocycles. The third-order valence-corrected chi connectivity index (χ3v) is 2.37. The maximum absolute atomic E-state index is 11.2. The molecule has 0 radical (unpaired) electrons. The van der Waals surface area contributed by atoms with Gasteiger partial charge in [-0.15, -0.1) is 0 Å². The van der Waals surface area contributed by atoms with Gasteiger partial charge in [0.25, 0.3) is 0 Å². The van der Waals surface area contributed by atoms with E-state index >= 15 is 0 Å². The summed E-state index contributed by atoms with van der Waals surface area (Å²) >= 11 is 0. The fourth-order valence-electron chi connectivity index (χ4n) is 1.59. The van der Waals surface area contributed by atoms with Crippen LogP contribution in [-0.2, 0) is 0 Å². The van der Waals surface area contributed by atoms with Gasteiger partial charge in [0.1, 0.15) is 17.1 Å². The van der Waals surface area contributed by atoms with Gasteiger partial charge in [0.05, 0.1) is 19.1 Å². The molecule has 0 amide bonds. The smallest absolute Gasteiger partial charge is 0.336 e. The van der Waals surface area contributed by atoms with E-state index in [0.29, 0.717) is 23.7 Å². The molecule has 0 aliphatic heterocycles. The second-order valence-electron chi connectivity index (χ2n) is 3.64. The van der Waals surface area contributed by atoms with E-state index in [0.717, 1.165) is 11.8 Å². The van der Waals surface area contributed by atoms with Crippen molar-refractivity contribution in [2.24, 2.45) is 0 Å².